The number of aromatic nitrogens is 1. The molecule has 38 heavy (non-hydrogen) atoms. The third kappa shape index (κ3) is 6.31. The second-order valence-electron chi connectivity index (χ2n) is 8.90. The van der Waals surface area contributed by atoms with Crippen LogP contribution in [0.1, 0.15) is 31.0 Å². The number of halogens is 3. The molecule has 2 N–H and O–H groups in total. The number of ether oxygens (including phenoxy) is 1. The van der Waals surface area contributed by atoms with Crippen LogP contribution in [0.25, 0.3) is 22.5 Å². The molecular weight excluding hydrogens is 501 g/mol. The summed E-state index contributed by atoms with van der Waals surface area (Å²) in [6, 6.07) is 14.5. The number of amides is 1. The van der Waals surface area contributed by atoms with Crippen LogP contribution in [0.5, 0.6) is 0 Å². The lowest BCUT2D eigenvalue weighted by Gasteiger charge is -2.21. The van der Waals surface area contributed by atoms with Crippen LogP contribution in [0.15, 0.2) is 76.4 Å². The van der Waals surface area contributed by atoms with Crippen molar-refractivity contribution in [3.63, 3.8) is 0 Å². The smallest absolute Gasteiger partial charge is 0.416 e. The van der Waals surface area contributed by atoms with E-state index in [0.29, 0.717) is 40.3 Å². The van der Waals surface area contributed by atoms with Gasteiger partial charge in [0.05, 0.1) is 12.0 Å². The first-order valence-corrected chi connectivity index (χ1v) is 11.8. The fourth-order valence-electron chi connectivity index (χ4n) is 4.13. The van der Waals surface area contributed by atoms with Gasteiger partial charge in [-0.3, -0.25) is 10.1 Å². The maximum Gasteiger partial charge on any atom is 0.416 e. The van der Waals surface area contributed by atoms with E-state index < -0.39 is 29.9 Å². The summed E-state index contributed by atoms with van der Waals surface area (Å²) in [5.41, 5.74) is 3.45. The molecule has 0 saturated heterocycles. The molecule has 1 aliphatic rings. The maximum atomic E-state index is 13.1. The summed E-state index contributed by atoms with van der Waals surface area (Å²) < 4.78 is 49.9. The van der Waals surface area contributed by atoms with E-state index in [9.17, 15) is 22.8 Å². The lowest BCUT2D eigenvalue weighted by atomic mass is 9.96. The Balaban J connectivity index is 1.45. The number of nitrogens with one attached hydrogen (secondary N) is 1. The molecule has 0 saturated carbocycles. The molecule has 3 aromatic rings. The van der Waals surface area contributed by atoms with Crippen LogP contribution >= 0.6 is 0 Å². The molecule has 1 amide bonds. The molecule has 198 valence electrons. The fraction of sp³-hybridized carbons (Fsp3) is 0.250. The van der Waals surface area contributed by atoms with Crippen LogP contribution in [-0.4, -0.2) is 34.6 Å². The number of carbonyl (C=O) groups excluding carboxylic acids is 1. The summed E-state index contributed by atoms with van der Waals surface area (Å²) in [6.07, 6.45) is -3.47. The Bertz CT molecular complexity index is 1390. The van der Waals surface area contributed by atoms with Gasteiger partial charge in [-0.25, -0.2) is 4.79 Å². The molecule has 1 unspecified atom stereocenters. The van der Waals surface area contributed by atoms with E-state index in [-0.39, 0.29) is 12.8 Å². The number of carboxylic acid groups (broad SMARTS) is 1. The number of benzene rings is 2. The number of allylic oxidation sites excluding steroid dienone is 3. The summed E-state index contributed by atoms with van der Waals surface area (Å²) in [7, 11) is 0. The Labute approximate surface area is 216 Å². The van der Waals surface area contributed by atoms with Crippen molar-refractivity contribution in [3.05, 3.63) is 83.1 Å². The summed E-state index contributed by atoms with van der Waals surface area (Å²) >= 11 is 0. The van der Waals surface area contributed by atoms with Crippen LogP contribution in [-0.2, 0) is 16.0 Å². The number of aliphatic carboxylic acids is 1. The van der Waals surface area contributed by atoms with Crippen molar-refractivity contribution in [2.45, 2.75) is 45.4 Å². The summed E-state index contributed by atoms with van der Waals surface area (Å²) in [6.45, 7) is 3.17. The van der Waals surface area contributed by atoms with Gasteiger partial charge in [-0.15, -0.1) is 0 Å². The number of rotatable bonds is 7. The normalized spacial score (nSPS) is 14.3. The molecule has 0 aliphatic heterocycles. The first-order valence-electron chi connectivity index (χ1n) is 11.8. The zero-order valence-corrected chi connectivity index (χ0v) is 20.6. The van der Waals surface area contributed by atoms with Gasteiger partial charge in [0.1, 0.15) is 17.5 Å². The van der Waals surface area contributed by atoms with Crippen LogP contribution in [0.2, 0.25) is 0 Å². The highest BCUT2D eigenvalue weighted by Gasteiger charge is 2.34. The van der Waals surface area contributed by atoms with Gasteiger partial charge in [0.15, 0.2) is 5.76 Å². The monoisotopic (exact) mass is 526 g/mol. The van der Waals surface area contributed by atoms with E-state index in [1.165, 1.54) is 6.92 Å². The lowest BCUT2D eigenvalue weighted by Crippen LogP contribution is -2.24. The molecule has 1 aliphatic carbocycles. The number of hydrogen-bond acceptors (Lipinski definition) is 5. The highest BCUT2D eigenvalue weighted by molar-refractivity contribution is 5.91. The van der Waals surface area contributed by atoms with Gasteiger partial charge in [-0.05, 0) is 55.0 Å². The number of aryl methyl sites for hydroxylation is 1. The third-order valence-corrected chi connectivity index (χ3v) is 6.15. The topological polar surface area (TPSA) is 102 Å². The highest BCUT2D eigenvalue weighted by atomic mass is 19.4. The molecule has 0 bridgehead atoms. The number of carboxylic acids is 1. The SMILES string of the molecule is Cc1noc(-c2ccc(-c3ccc(CC(=O)O)cc3)cc2)c1NC(=O)OC(C)C1=CC(C(F)(F)F)=CCC1. The molecule has 0 spiro atoms. The van der Waals surface area contributed by atoms with E-state index in [1.54, 1.807) is 31.2 Å². The number of anilines is 1. The number of hydrogen-bond donors (Lipinski definition) is 2. The Kier molecular flexibility index (Phi) is 7.70. The number of carbonyl (C=O) groups is 2. The minimum atomic E-state index is -4.46. The van der Waals surface area contributed by atoms with E-state index in [4.69, 9.17) is 14.4 Å². The molecule has 1 aromatic heterocycles. The predicted molar refractivity (Wildman–Crippen MR) is 134 cm³/mol. The Morgan fingerprint density at radius 3 is 2.29 bits per heavy atom. The van der Waals surface area contributed by atoms with E-state index in [0.717, 1.165) is 23.3 Å². The largest absolute Gasteiger partial charge is 0.481 e. The summed E-state index contributed by atoms with van der Waals surface area (Å²) in [5.74, 6) is -0.597. The van der Waals surface area contributed by atoms with Crippen molar-refractivity contribution in [1.29, 1.82) is 0 Å². The van der Waals surface area contributed by atoms with Crippen LogP contribution in [0.4, 0.5) is 23.7 Å². The predicted octanol–water partition coefficient (Wildman–Crippen LogP) is 7.09. The van der Waals surface area contributed by atoms with Crippen LogP contribution in [0.3, 0.4) is 0 Å². The standard InChI is InChI=1S/C28H25F3N2O5/c1-16-25(32-27(36)37-17(2)22-4-3-5-23(15-22)28(29,30)31)26(38-33-16)21-12-10-20(11-13-21)19-8-6-18(7-9-19)14-24(34)35/h5-13,15,17H,3-4,14H2,1-2H3,(H,32,36)(H,34,35). The lowest BCUT2D eigenvalue weighted by molar-refractivity contribution is -0.136. The molecule has 1 heterocycles. The quantitative estimate of drug-likeness (QED) is 0.341. The van der Waals surface area contributed by atoms with Gasteiger partial charge in [0.25, 0.3) is 0 Å². The van der Waals surface area contributed by atoms with E-state index >= 15 is 0 Å². The first kappa shape index (κ1) is 26.7. The molecule has 4 rings (SSSR count). The zero-order chi connectivity index (χ0) is 27.4. The molecular formula is C28H25F3N2O5. The van der Waals surface area contributed by atoms with Gasteiger partial charge < -0.3 is 14.4 Å². The third-order valence-electron chi connectivity index (χ3n) is 6.15. The minimum absolute atomic E-state index is 0.0513. The van der Waals surface area contributed by atoms with Gasteiger partial charge in [0.2, 0.25) is 0 Å². The highest BCUT2D eigenvalue weighted by Crippen LogP contribution is 2.34. The number of nitrogens with zero attached hydrogens (tertiary/aromatic N) is 1. The second kappa shape index (κ2) is 11.0. The van der Waals surface area contributed by atoms with Crippen molar-refractivity contribution in [1.82, 2.24) is 5.16 Å². The molecule has 10 heteroatoms. The van der Waals surface area contributed by atoms with Crippen LogP contribution in [0, 0.1) is 6.92 Å². The summed E-state index contributed by atoms with van der Waals surface area (Å²) in [5, 5.41) is 15.5. The fourth-order valence-corrected chi connectivity index (χ4v) is 4.13. The van der Waals surface area contributed by atoms with E-state index in [2.05, 4.69) is 10.5 Å². The molecule has 0 radical (unpaired) electrons. The van der Waals surface area contributed by atoms with Crippen molar-refractivity contribution in [2.24, 2.45) is 0 Å². The van der Waals surface area contributed by atoms with Crippen molar-refractivity contribution < 1.29 is 37.1 Å². The molecule has 2 aromatic carbocycles. The average molecular weight is 527 g/mol. The van der Waals surface area contributed by atoms with Gasteiger partial charge in [-0.2, -0.15) is 13.2 Å². The van der Waals surface area contributed by atoms with Gasteiger partial charge in [-0.1, -0.05) is 59.8 Å². The Morgan fingerprint density at radius 2 is 1.68 bits per heavy atom. The van der Waals surface area contributed by atoms with Gasteiger partial charge >= 0.3 is 18.2 Å². The maximum absolute atomic E-state index is 13.1. The van der Waals surface area contributed by atoms with Crippen molar-refractivity contribution in [2.75, 3.05) is 5.32 Å². The van der Waals surface area contributed by atoms with Crippen molar-refractivity contribution >= 4 is 17.7 Å². The van der Waals surface area contributed by atoms with Gasteiger partial charge in [0, 0.05) is 5.56 Å². The zero-order valence-electron chi connectivity index (χ0n) is 20.6. The number of alkyl halides is 3. The summed E-state index contributed by atoms with van der Waals surface area (Å²) in [4.78, 5) is 23.5. The molecule has 7 nitrogen and oxygen atoms in total. The molecule has 0 fully saturated rings. The average Bonchev–Trinajstić information content (AvgIpc) is 3.23. The van der Waals surface area contributed by atoms with E-state index in [1.807, 2.05) is 24.3 Å². The van der Waals surface area contributed by atoms with Crippen LogP contribution < -0.4 is 5.32 Å². The van der Waals surface area contributed by atoms with Crippen molar-refractivity contribution in [3.8, 4) is 22.5 Å². The second-order valence-corrected chi connectivity index (χ2v) is 8.90. The molecule has 1 atom stereocenters. The minimum Gasteiger partial charge on any atom is -0.481 e. The first-order chi connectivity index (χ1) is 18.0. The Hall–Kier alpha value is -4.34. The Morgan fingerprint density at radius 1 is 1.08 bits per heavy atom.